The van der Waals surface area contributed by atoms with Gasteiger partial charge in [-0.25, -0.2) is 19.6 Å². The number of esters is 2. The van der Waals surface area contributed by atoms with Gasteiger partial charge >= 0.3 is 121 Å². The van der Waals surface area contributed by atoms with Crippen LogP contribution in [0.1, 0.15) is 21.7 Å². The molecule has 0 saturated heterocycles. The summed E-state index contributed by atoms with van der Waals surface area (Å²) < 4.78 is 10.8. The van der Waals surface area contributed by atoms with Crippen LogP contribution in [0.15, 0.2) is 89.9 Å². The Hall–Kier alpha value is -1.51. The molecule has 0 unspecified atom stereocenters. The standard InChI is InChI=1S/C13H15BrN6O4.C11H15BrN2O3.C2H2N4O2.2K/c1-24-13(23)10(21)7-20(6-8-2-4-9(14)5-3-8)17-12(22)11-15-18-19-16-11;1-17-11(16)10(15)7-14(13)6-8-2-4-9(12)5-3-8;7-2(8)1-3-5-6-4-1;;/h2-5,10,21H,6-7H2,1H3,(H,17,22)(H,15,16,18,19);2-5,10,15H,6-7,13H2,1H3;7-8H;;/q;;;2*+1/p-2/t2*10-;;;/m11.../s1. The number of ether oxygens (including phenoxy) is 2. The Labute approximate surface area is 392 Å². The van der Waals surface area contributed by atoms with Crippen LogP contribution in [0.25, 0.3) is 0 Å². The van der Waals surface area contributed by atoms with E-state index in [4.69, 9.17) is 5.84 Å². The van der Waals surface area contributed by atoms with Crippen molar-refractivity contribution >= 4 is 49.7 Å². The van der Waals surface area contributed by atoms with E-state index in [1.807, 2.05) is 48.5 Å². The minimum absolute atomic E-state index is 0. The number of hydrazine groups is 2. The van der Waals surface area contributed by atoms with E-state index in [-0.39, 0.29) is 128 Å². The van der Waals surface area contributed by atoms with Gasteiger partial charge in [-0.15, -0.1) is 20.4 Å². The van der Waals surface area contributed by atoms with E-state index >= 15 is 0 Å². The van der Waals surface area contributed by atoms with Crippen molar-refractivity contribution in [3.05, 3.63) is 86.2 Å². The Morgan fingerprint density at radius 2 is 1.33 bits per heavy atom. The van der Waals surface area contributed by atoms with Crippen LogP contribution in [0.3, 0.4) is 0 Å². The first-order chi connectivity index (χ1) is 23.3. The fraction of sp³-hybridized carbons (Fsp3) is 0.308. The van der Waals surface area contributed by atoms with Crippen molar-refractivity contribution in [2.45, 2.75) is 25.3 Å². The Morgan fingerprint density at radius 1 is 0.863 bits per heavy atom. The van der Waals surface area contributed by atoms with Gasteiger partial charge in [0.25, 0.3) is 5.82 Å². The van der Waals surface area contributed by atoms with Crippen molar-refractivity contribution in [3.8, 4) is 0 Å². The molecule has 51 heavy (non-hydrogen) atoms. The van der Waals surface area contributed by atoms with Crippen molar-refractivity contribution in [2.75, 3.05) is 27.3 Å². The predicted molar refractivity (Wildman–Crippen MR) is 168 cm³/mol. The molecule has 0 radical (unpaired) electrons. The summed E-state index contributed by atoms with van der Waals surface area (Å²) in [7, 11) is 2.39. The molecule has 1 aliphatic heterocycles. The molecule has 25 heteroatoms. The van der Waals surface area contributed by atoms with Gasteiger partial charge in [0.1, 0.15) is 0 Å². The minimum Gasteiger partial charge on any atom is -0.881 e. The van der Waals surface area contributed by atoms with Gasteiger partial charge in [0.05, 0.1) is 27.3 Å². The van der Waals surface area contributed by atoms with Crippen LogP contribution in [0.2, 0.25) is 0 Å². The fourth-order valence-corrected chi connectivity index (χ4v) is 3.91. The molecule has 2 aromatic carbocycles. The maximum absolute atomic E-state index is 12.0. The van der Waals surface area contributed by atoms with Gasteiger partial charge in [0.2, 0.25) is 0 Å². The Bertz CT molecular complexity index is 1570. The maximum atomic E-state index is 12.0. The molecule has 0 saturated carbocycles. The SMILES string of the molecule is COC(=O)[C@H](O)CN(Cc1ccc(Br)cc1)NC(=O)c1nn[nH]n1.COC(=O)[C@H](O)CN(N)Cc1ccc(Br)cc1.[K+].[K+].[O-]C([O-])=C1N=NN=N1. The molecular formula is C26H30Br2K2N12O9. The third kappa shape index (κ3) is 19.9. The van der Waals surface area contributed by atoms with E-state index in [1.54, 1.807) is 0 Å². The van der Waals surface area contributed by atoms with Crippen LogP contribution in [-0.4, -0.2) is 98.2 Å². The summed E-state index contributed by atoms with van der Waals surface area (Å²) >= 11 is 6.67. The average Bonchev–Trinajstić information content (AvgIpc) is 3.82. The van der Waals surface area contributed by atoms with Gasteiger partial charge in [-0.3, -0.25) is 16.1 Å². The summed E-state index contributed by atoms with van der Waals surface area (Å²) in [6.45, 7) is 0.543. The van der Waals surface area contributed by atoms with Crippen molar-refractivity contribution in [2.24, 2.45) is 26.5 Å². The van der Waals surface area contributed by atoms with E-state index in [2.05, 4.69) is 88.1 Å². The molecule has 0 aliphatic carbocycles. The molecule has 3 aromatic rings. The van der Waals surface area contributed by atoms with E-state index in [0.29, 0.717) is 6.54 Å². The van der Waals surface area contributed by atoms with Crippen LogP contribution >= 0.6 is 31.9 Å². The molecule has 1 amide bonds. The fourth-order valence-electron chi connectivity index (χ4n) is 3.38. The summed E-state index contributed by atoms with van der Waals surface area (Å²) in [6.07, 6.45) is -2.64. The molecule has 0 bridgehead atoms. The van der Waals surface area contributed by atoms with Gasteiger partial charge < -0.3 is 29.9 Å². The quantitative estimate of drug-likeness (QED) is 0.0371. The normalized spacial score (nSPS) is 12.2. The first-order valence-corrected chi connectivity index (χ1v) is 15.1. The summed E-state index contributed by atoms with van der Waals surface area (Å²) in [5.74, 6) is 1.47. The number of amides is 1. The van der Waals surface area contributed by atoms with E-state index in [0.717, 1.165) is 20.1 Å². The number of nitrogens with one attached hydrogen (secondary N) is 2. The molecule has 6 N–H and O–H groups in total. The number of benzene rings is 2. The monoisotopic (exact) mass is 890 g/mol. The van der Waals surface area contributed by atoms with E-state index in [9.17, 15) is 34.8 Å². The van der Waals surface area contributed by atoms with Gasteiger partial charge in [-0.2, -0.15) is 11.2 Å². The Morgan fingerprint density at radius 3 is 1.75 bits per heavy atom. The van der Waals surface area contributed by atoms with Crippen LogP contribution in [0.4, 0.5) is 0 Å². The molecule has 2 atom stereocenters. The smallest absolute Gasteiger partial charge is 0.881 e. The zero-order valence-electron chi connectivity index (χ0n) is 27.7. The van der Waals surface area contributed by atoms with Crippen LogP contribution in [0.5, 0.6) is 0 Å². The average molecular weight is 893 g/mol. The van der Waals surface area contributed by atoms with Crippen molar-refractivity contribution in [3.63, 3.8) is 0 Å². The maximum Gasteiger partial charge on any atom is 1.00 e. The first kappa shape index (κ1) is 49.5. The second-order valence-corrected chi connectivity index (χ2v) is 11.1. The van der Waals surface area contributed by atoms with Gasteiger partial charge in [0.15, 0.2) is 18.0 Å². The molecule has 2 heterocycles. The zero-order valence-corrected chi connectivity index (χ0v) is 37.1. The van der Waals surface area contributed by atoms with E-state index in [1.165, 1.54) is 24.2 Å². The molecule has 0 fully saturated rings. The number of nitrogens with two attached hydrogens (primary N) is 1. The molecule has 0 spiro atoms. The first-order valence-electron chi connectivity index (χ1n) is 13.5. The molecule has 21 nitrogen and oxygen atoms in total. The van der Waals surface area contributed by atoms with Crippen molar-refractivity contribution in [1.29, 1.82) is 0 Å². The predicted octanol–water partition coefficient (Wildman–Crippen LogP) is -7.02. The second kappa shape index (κ2) is 27.1. The molecule has 1 aliphatic rings. The zero-order chi connectivity index (χ0) is 36.3. The Kier molecular flexibility index (Phi) is 26.3. The largest absolute Gasteiger partial charge is 1.00 e. The van der Waals surface area contributed by atoms with E-state index < -0.39 is 41.8 Å². The molecular weight excluding hydrogens is 862 g/mol. The third-order valence-electron chi connectivity index (χ3n) is 5.64. The summed E-state index contributed by atoms with van der Waals surface area (Å²) in [4.78, 5) is 34.4. The number of nitrogens with zero attached hydrogens (tertiary/aromatic N) is 9. The molecule has 4 rings (SSSR count). The number of carbonyl (C=O) groups excluding carboxylic acids is 3. The van der Waals surface area contributed by atoms with Crippen molar-refractivity contribution < 1.29 is 147 Å². The summed E-state index contributed by atoms with van der Waals surface area (Å²) in [5.41, 5.74) is 4.37. The van der Waals surface area contributed by atoms with Crippen molar-refractivity contribution in [1.82, 2.24) is 36.1 Å². The molecule has 264 valence electrons. The molecule has 1 aromatic heterocycles. The third-order valence-corrected chi connectivity index (χ3v) is 6.70. The number of aromatic amines is 1. The number of carbonyl (C=O) groups is 3. The topological polar surface area (TPSA) is 305 Å². The number of tetrazole rings is 1. The van der Waals surface area contributed by atoms with Crippen LogP contribution in [0, 0.1) is 0 Å². The summed E-state index contributed by atoms with van der Waals surface area (Å²) in [5, 5.41) is 65.9. The second-order valence-electron chi connectivity index (χ2n) is 9.31. The minimum atomic E-state index is -1.46. The van der Waals surface area contributed by atoms with Gasteiger partial charge in [-0.05, 0) is 51.1 Å². The Balaban J connectivity index is 0.000000806. The van der Waals surface area contributed by atoms with Crippen LogP contribution in [-0.2, 0) is 32.2 Å². The number of methoxy groups -OCH3 is 2. The number of rotatable bonds is 12. The van der Waals surface area contributed by atoms with Gasteiger partial charge in [0, 0.05) is 22.0 Å². The number of aliphatic hydroxyl groups excluding tert-OH is 2. The number of halogens is 2. The number of aliphatic hydroxyl groups is 2. The number of H-pyrrole nitrogens is 1. The number of hydrogen-bond donors (Lipinski definition) is 5. The number of hydrogen-bond acceptors (Lipinski definition) is 19. The van der Waals surface area contributed by atoms with Gasteiger partial charge in [-0.1, -0.05) is 56.1 Å². The van der Waals surface area contributed by atoms with Crippen LogP contribution < -0.4 is 124 Å². The summed E-state index contributed by atoms with van der Waals surface area (Å²) in [6, 6.07) is 15.0. The number of aromatic nitrogens is 4.